The summed E-state index contributed by atoms with van der Waals surface area (Å²) in [6.45, 7) is 5.94. The van der Waals surface area contributed by atoms with Crippen molar-refractivity contribution in [2.75, 3.05) is 42.6 Å². The highest BCUT2D eigenvalue weighted by Gasteiger charge is 2.54. The number of carbonyl (C=O) groups excluding carboxylic acids is 2. The number of para-hydroxylation sites is 1. The molecule has 1 saturated heterocycles. The van der Waals surface area contributed by atoms with Gasteiger partial charge in [0.25, 0.3) is 0 Å². The number of carbonyl (C=O) groups is 2. The fraction of sp³-hybridized carbons (Fsp3) is 0.462. The van der Waals surface area contributed by atoms with Crippen LogP contribution in [0.4, 0.5) is 43.4 Å². The summed E-state index contributed by atoms with van der Waals surface area (Å²) in [6.07, 6.45) is -9.17. The number of fused-ring (bicyclic) bond motifs is 4. The first-order valence-electron chi connectivity index (χ1n) is 12.3. The predicted molar refractivity (Wildman–Crippen MR) is 127 cm³/mol. The van der Waals surface area contributed by atoms with Crippen LogP contribution in [0.15, 0.2) is 36.4 Å². The maximum Gasteiger partial charge on any atom is 0.458 e. The third-order valence-corrected chi connectivity index (χ3v) is 7.39. The van der Waals surface area contributed by atoms with Crippen LogP contribution in [0.2, 0.25) is 0 Å². The van der Waals surface area contributed by atoms with E-state index in [-0.39, 0.29) is 0 Å². The summed E-state index contributed by atoms with van der Waals surface area (Å²) >= 11 is 0. The minimum atomic E-state index is -5.77. The molecule has 2 aromatic carbocycles. The highest BCUT2D eigenvalue weighted by atomic mass is 19.4. The molecule has 0 saturated carbocycles. The highest BCUT2D eigenvalue weighted by Crippen LogP contribution is 2.49. The van der Waals surface area contributed by atoms with Gasteiger partial charge in [0.2, 0.25) is 0 Å². The Kier molecular flexibility index (Phi) is 6.89. The fourth-order valence-electron chi connectivity index (χ4n) is 5.79. The Labute approximate surface area is 214 Å². The lowest BCUT2D eigenvalue weighted by Crippen LogP contribution is -2.44. The van der Waals surface area contributed by atoms with E-state index in [9.17, 15) is 35.9 Å². The fourth-order valence-corrected chi connectivity index (χ4v) is 5.79. The Balaban J connectivity index is 0.000000210. The molecule has 0 radical (unpaired) electrons. The van der Waals surface area contributed by atoms with Crippen molar-refractivity contribution in [3.05, 3.63) is 53.1 Å². The summed E-state index contributed by atoms with van der Waals surface area (Å²) in [7, 11) is 0. The van der Waals surface area contributed by atoms with Crippen LogP contribution in [0.3, 0.4) is 0 Å². The van der Waals surface area contributed by atoms with E-state index in [2.05, 4.69) is 51.5 Å². The summed E-state index contributed by atoms with van der Waals surface area (Å²) in [5.74, 6) is -6.20. The molecule has 0 amide bonds. The van der Waals surface area contributed by atoms with E-state index in [1.807, 2.05) is 0 Å². The topological polar surface area (TPSA) is 61.9 Å². The van der Waals surface area contributed by atoms with E-state index >= 15 is 0 Å². The van der Waals surface area contributed by atoms with E-state index in [0.717, 1.165) is 45.8 Å². The maximum atomic E-state index is 11.2. The summed E-state index contributed by atoms with van der Waals surface area (Å²) in [4.78, 5) is 24.4. The first-order valence-corrected chi connectivity index (χ1v) is 12.3. The van der Waals surface area contributed by atoms with Gasteiger partial charge < -0.3 is 19.9 Å². The van der Waals surface area contributed by atoms with Crippen molar-refractivity contribution in [1.82, 2.24) is 5.32 Å². The number of nitrogens with zero attached hydrogens (tertiary/aromatic N) is 2. The molecule has 4 aliphatic heterocycles. The lowest BCUT2D eigenvalue weighted by atomic mass is 9.89. The Morgan fingerprint density at radius 3 is 2.37 bits per heavy atom. The number of halogens is 6. The van der Waals surface area contributed by atoms with Gasteiger partial charge in [0, 0.05) is 54.2 Å². The van der Waals surface area contributed by atoms with Gasteiger partial charge in [-0.05, 0) is 48.7 Å². The number of rotatable bonds is 2. The molecule has 38 heavy (non-hydrogen) atoms. The van der Waals surface area contributed by atoms with Gasteiger partial charge in [-0.15, -0.1) is 0 Å². The number of piperidine rings is 1. The van der Waals surface area contributed by atoms with Gasteiger partial charge in [-0.3, -0.25) is 9.59 Å². The van der Waals surface area contributed by atoms with Crippen molar-refractivity contribution < 1.29 is 40.7 Å². The SMILES string of the molecule is O=C(C(=O)C(F)(F)F)C(F)(F)F.c1ccc2c(c1)CCN2c1cc2c3c(c1)[C@@H]1CNCC[C@@H]1N3CCOC2. The van der Waals surface area contributed by atoms with Crippen LogP contribution in [0.25, 0.3) is 0 Å². The molecule has 1 N–H and O–H groups in total. The number of benzene rings is 2. The Bertz CT molecular complexity index is 1220. The zero-order valence-electron chi connectivity index (χ0n) is 20.2. The molecule has 4 heterocycles. The molecular formula is C26H25F6N3O3. The summed E-state index contributed by atoms with van der Waals surface area (Å²) in [5.41, 5.74) is 8.60. The van der Waals surface area contributed by atoms with E-state index in [1.165, 1.54) is 34.6 Å². The van der Waals surface area contributed by atoms with Crippen LogP contribution < -0.4 is 15.1 Å². The number of ether oxygens (including phenoxy) is 1. The minimum absolute atomic E-state index is 0.619. The van der Waals surface area contributed by atoms with Gasteiger partial charge in [-0.25, -0.2) is 0 Å². The summed E-state index contributed by atoms with van der Waals surface area (Å²) < 4.78 is 72.9. The number of Topliss-reactive ketones (excluding diaryl/α,β-unsaturated/α-hetero) is 2. The smallest absolute Gasteiger partial charge is 0.375 e. The standard InChI is InChI=1S/C22H25N3O.C4F6O2/c1-2-4-20-15(3-1)6-8-24(20)17-11-16-14-26-10-9-25-21-5-7-23-13-19(21)18(12-17)22(16)25;5-3(6,7)1(11)2(12)4(8,9)10/h1-4,11-12,19,21,23H,5-10,13-14H2;/t19-,21-;/m0./s1. The number of anilines is 3. The van der Waals surface area contributed by atoms with E-state index in [4.69, 9.17) is 4.74 Å². The van der Waals surface area contributed by atoms with Crippen molar-refractivity contribution >= 4 is 28.6 Å². The molecule has 0 unspecified atom stereocenters. The van der Waals surface area contributed by atoms with Gasteiger partial charge >= 0.3 is 23.9 Å². The Morgan fingerprint density at radius 2 is 1.66 bits per heavy atom. The monoisotopic (exact) mass is 541 g/mol. The van der Waals surface area contributed by atoms with Gasteiger partial charge in [-0.2, -0.15) is 26.3 Å². The van der Waals surface area contributed by atoms with Crippen molar-refractivity contribution in [1.29, 1.82) is 0 Å². The molecule has 1 fully saturated rings. The summed E-state index contributed by atoms with van der Waals surface area (Å²) in [6, 6.07) is 14.4. The van der Waals surface area contributed by atoms with Crippen molar-refractivity contribution in [2.45, 2.75) is 43.8 Å². The molecule has 2 atom stereocenters. The van der Waals surface area contributed by atoms with Crippen LogP contribution in [-0.2, 0) is 27.4 Å². The van der Waals surface area contributed by atoms with Crippen LogP contribution in [0.1, 0.15) is 29.0 Å². The average Bonchev–Trinajstić information content (AvgIpc) is 3.36. The second kappa shape index (κ2) is 9.88. The molecule has 4 aliphatic rings. The van der Waals surface area contributed by atoms with Crippen LogP contribution in [-0.4, -0.2) is 62.7 Å². The van der Waals surface area contributed by atoms with Crippen molar-refractivity contribution in [2.24, 2.45) is 0 Å². The lowest BCUT2D eigenvalue weighted by Gasteiger charge is -2.33. The minimum Gasteiger partial charge on any atom is -0.375 e. The lowest BCUT2D eigenvalue weighted by molar-refractivity contribution is -0.193. The van der Waals surface area contributed by atoms with Gasteiger partial charge in [-0.1, -0.05) is 18.2 Å². The Hall–Kier alpha value is -3.12. The normalized spacial score (nSPS) is 22.1. The predicted octanol–water partition coefficient (Wildman–Crippen LogP) is 4.43. The highest BCUT2D eigenvalue weighted by molar-refractivity contribution is 6.41. The molecule has 6 nitrogen and oxygen atoms in total. The number of nitrogens with one attached hydrogen (secondary N) is 1. The van der Waals surface area contributed by atoms with E-state index < -0.39 is 23.9 Å². The number of hydrogen-bond acceptors (Lipinski definition) is 6. The molecule has 0 spiro atoms. The zero-order valence-corrected chi connectivity index (χ0v) is 20.2. The van der Waals surface area contributed by atoms with Crippen molar-refractivity contribution in [3.63, 3.8) is 0 Å². The van der Waals surface area contributed by atoms with Crippen molar-refractivity contribution in [3.8, 4) is 0 Å². The molecule has 0 aliphatic carbocycles. The molecule has 0 bridgehead atoms. The molecule has 12 heteroatoms. The van der Waals surface area contributed by atoms with E-state index in [1.54, 1.807) is 5.56 Å². The van der Waals surface area contributed by atoms with Gasteiger partial charge in [0.1, 0.15) is 0 Å². The molecular weight excluding hydrogens is 516 g/mol. The summed E-state index contributed by atoms with van der Waals surface area (Å²) in [5, 5.41) is 3.63. The molecule has 0 aromatic heterocycles. The second-order valence-corrected chi connectivity index (χ2v) is 9.64. The number of ketones is 2. The quantitative estimate of drug-likeness (QED) is 0.449. The molecule has 6 rings (SSSR count). The number of hydrogen-bond donors (Lipinski definition) is 1. The Morgan fingerprint density at radius 1 is 0.947 bits per heavy atom. The largest absolute Gasteiger partial charge is 0.458 e. The molecule has 204 valence electrons. The third-order valence-electron chi connectivity index (χ3n) is 7.39. The van der Waals surface area contributed by atoms with Crippen LogP contribution in [0, 0.1) is 0 Å². The first kappa shape index (κ1) is 26.5. The van der Waals surface area contributed by atoms with Crippen LogP contribution >= 0.6 is 0 Å². The zero-order chi connectivity index (χ0) is 27.2. The third kappa shape index (κ3) is 4.86. The second-order valence-electron chi connectivity index (χ2n) is 9.64. The number of alkyl halides is 6. The van der Waals surface area contributed by atoms with Gasteiger partial charge in [0.15, 0.2) is 0 Å². The van der Waals surface area contributed by atoms with Crippen LogP contribution in [0.5, 0.6) is 0 Å². The first-order chi connectivity index (χ1) is 18.0. The van der Waals surface area contributed by atoms with E-state index in [0.29, 0.717) is 12.0 Å². The maximum absolute atomic E-state index is 11.2. The van der Waals surface area contributed by atoms with Gasteiger partial charge in [0.05, 0.1) is 13.2 Å². The average molecular weight is 541 g/mol. The molecule has 2 aromatic rings.